The van der Waals surface area contributed by atoms with E-state index >= 15 is 0 Å². The number of aryl methyl sites for hydroxylation is 1. The van der Waals surface area contributed by atoms with Crippen LogP contribution in [0.5, 0.6) is 5.75 Å². The largest absolute Gasteiger partial charge is 0.543 e. The van der Waals surface area contributed by atoms with E-state index < -0.39 is 8.32 Å². The van der Waals surface area contributed by atoms with Gasteiger partial charge in [-0.15, -0.1) is 11.3 Å². The lowest BCUT2D eigenvalue weighted by Crippen LogP contribution is -2.29. The molecule has 0 unspecified atom stereocenters. The summed E-state index contributed by atoms with van der Waals surface area (Å²) in [6, 6.07) is 10.3. The van der Waals surface area contributed by atoms with Crippen LogP contribution in [0.15, 0.2) is 40.7 Å². The van der Waals surface area contributed by atoms with Crippen LogP contribution in [-0.4, -0.2) is 14.0 Å². The Hall–Kier alpha value is -1.39. The van der Waals surface area contributed by atoms with E-state index in [1.54, 1.807) is 11.3 Å². The molecule has 0 saturated carbocycles. The Morgan fingerprint density at radius 2 is 1.95 bits per heavy atom. The minimum atomic E-state index is -1.63. The van der Waals surface area contributed by atoms with Crippen LogP contribution >= 0.6 is 11.3 Å². The molecule has 4 heteroatoms. The second-order valence-electron chi connectivity index (χ2n) is 5.86. The Bertz CT molecular complexity index is 612. The predicted octanol–water partition coefficient (Wildman–Crippen LogP) is 5.41. The van der Waals surface area contributed by atoms with E-state index in [2.05, 4.69) is 56.2 Å². The van der Waals surface area contributed by atoms with E-state index in [1.807, 2.05) is 13.0 Å². The third-order valence-corrected chi connectivity index (χ3v) is 4.51. The van der Waals surface area contributed by atoms with Gasteiger partial charge in [0.1, 0.15) is 11.4 Å². The molecule has 0 aliphatic carbocycles. The Morgan fingerprint density at radius 1 is 1.20 bits per heavy atom. The minimum absolute atomic E-state index is 0.894. The fourth-order valence-corrected chi connectivity index (χ4v) is 3.36. The maximum absolute atomic E-state index is 6.14. The zero-order valence-corrected chi connectivity index (χ0v) is 14.5. The van der Waals surface area contributed by atoms with Gasteiger partial charge < -0.3 is 4.43 Å². The maximum atomic E-state index is 6.14. The number of rotatable bonds is 4. The van der Waals surface area contributed by atoms with Gasteiger partial charge >= 0.3 is 0 Å². The number of hydrogen-bond donors (Lipinski definition) is 0. The first-order valence-corrected chi connectivity index (χ1v) is 11.0. The van der Waals surface area contributed by atoms with Gasteiger partial charge in [0.25, 0.3) is 0 Å². The maximum Gasteiger partial charge on any atom is 0.242 e. The van der Waals surface area contributed by atoms with Gasteiger partial charge in [0, 0.05) is 4.88 Å². The van der Waals surface area contributed by atoms with Crippen LogP contribution in [0.25, 0.3) is 0 Å². The summed E-state index contributed by atoms with van der Waals surface area (Å²) in [5.74, 6) is 0.894. The highest BCUT2D eigenvalue weighted by Crippen LogP contribution is 2.31. The van der Waals surface area contributed by atoms with Crippen LogP contribution in [0.4, 0.5) is 5.69 Å². The van der Waals surface area contributed by atoms with Gasteiger partial charge in [-0.3, -0.25) is 0 Å². The van der Waals surface area contributed by atoms with Crippen molar-refractivity contribution in [2.75, 3.05) is 0 Å². The average molecular weight is 304 g/mol. The van der Waals surface area contributed by atoms with Gasteiger partial charge in [-0.05, 0) is 62.6 Å². The molecule has 0 bridgehead atoms. The summed E-state index contributed by atoms with van der Waals surface area (Å²) < 4.78 is 6.14. The number of benzene rings is 1. The van der Waals surface area contributed by atoms with Gasteiger partial charge in [-0.2, -0.15) is 0 Å². The van der Waals surface area contributed by atoms with Gasteiger partial charge in [0.15, 0.2) is 0 Å². The van der Waals surface area contributed by atoms with Crippen molar-refractivity contribution in [2.24, 2.45) is 4.99 Å². The smallest absolute Gasteiger partial charge is 0.242 e. The fourth-order valence-electron chi connectivity index (χ4n) is 1.85. The molecule has 1 heterocycles. The second-order valence-corrected chi connectivity index (χ2v) is 11.2. The monoisotopic (exact) mass is 303 g/mol. The number of thiophene rings is 1. The van der Waals surface area contributed by atoms with Gasteiger partial charge in [-0.25, -0.2) is 4.99 Å². The third-order valence-electron chi connectivity index (χ3n) is 2.70. The van der Waals surface area contributed by atoms with Crippen molar-refractivity contribution in [1.29, 1.82) is 0 Å². The lowest BCUT2D eigenvalue weighted by atomic mass is 10.2. The Kier molecular flexibility index (Phi) is 4.45. The molecule has 106 valence electrons. The van der Waals surface area contributed by atoms with Gasteiger partial charge in [-0.1, -0.05) is 12.1 Å². The summed E-state index contributed by atoms with van der Waals surface area (Å²) in [5.41, 5.74) is 3.16. The molecule has 0 atom stereocenters. The Labute approximate surface area is 126 Å². The summed E-state index contributed by atoms with van der Waals surface area (Å²) in [4.78, 5) is 5.97. The summed E-state index contributed by atoms with van der Waals surface area (Å²) in [6.07, 6.45) is 0. The Balaban J connectivity index is 2.39. The SMILES string of the molecule is CC(=Nc1cc(C)ccc1O[Si](C)(C)C)c1cccs1. The topological polar surface area (TPSA) is 21.6 Å². The molecule has 1 aromatic heterocycles. The number of nitrogens with zero attached hydrogens (tertiary/aromatic N) is 1. The van der Waals surface area contributed by atoms with Crippen LogP contribution in [0.2, 0.25) is 19.6 Å². The van der Waals surface area contributed by atoms with Gasteiger partial charge in [0.05, 0.1) is 5.71 Å². The van der Waals surface area contributed by atoms with Crippen molar-refractivity contribution in [3.05, 3.63) is 46.2 Å². The van der Waals surface area contributed by atoms with Crippen molar-refractivity contribution < 1.29 is 4.43 Å². The molecule has 0 spiro atoms. The van der Waals surface area contributed by atoms with E-state index in [9.17, 15) is 0 Å². The van der Waals surface area contributed by atoms with Crippen LogP contribution in [-0.2, 0) is 0 Å². The first kappa shape index (κ1) is 15.0. The van der Waals surface area contributed by atoms with Crippen molar-refractivity contribution in [1.82, 2.24) is 0 Å². The van der Waals surface area contributed by atoms with Gasteiger partial charge in [0.2, 0.25) is 8.32 Å². The zero-order chi connectivity index (χ0) is 14.8. The molecule has 0 amide bonds. The quantitative estimate of drug-likeness (QED) is 0.546. The van der Waals surface area contributed by atoms with Crippen molar-refractivity contribution in [2.45, 2.75) is 33.5 Å². The first-order valence-electron chi connectivity index (χ1n) is 6.74. The normalized spacial score (nSPS) is 12.6. The van der Waals surface area contributed by atoms with Crippen LogP contribution in [0.1, 0.15) is 17.4 Å². The molecule has 2 rings (SSSR count). The standard InChI is InChI=1S/C16H21NOSSi/c1-12-8-9-15(18-20(3,4)5)14(11-12)17-13(2)16-7-6-10-19-16/h6-11H,1-5H3. The summed E-state index contributed by atoms with van der Waals surface area (Å²) in [7, 11) is -1.63. The van der Waals surface area contributed by atoms with E-state index in [1.165, 1.54) is 10.4 Å². The highest BCUT2D eigenvalue weighted by molar-refractivity contribution is 7.12. The molecule has 0 aliphatic heterocycles. The number of hydrogen-bond acceptors (Lipinski definition) is 3. The van der Waals surface area contributed by atoms with Crippen molar-refractivity contribution >= 4 is 31.1 Å². The van der Waals surface area contributed by atoms with Crippen molar-refractivity contribution in [3.8, 4) is 5.75 Å². The molecule has 0 fully saturated rings. The third kappa shape index (κ3) is 4.05. The first-order chi connectivity index (χ1) is 9.35. The molecular formula is C16H21NOSSi. The van der Waals surface area contributed by atoms with E-state index in [4.69, 9.17) is 9.42 Å². The van der Waals surface area contributed by atoms with Crippen LogP contribution < -0.4 is 4.43 Å². The number of aliphatic imine (C=N–C) groups is 1. The molecule has 2 aromatic rings. The molecule has 2 nitrogen and oxygen atoms in total. The predicted molar refractivity (Wildman–Crippen MR) is 91.3 cm³/mol. The molecule has 20 heavy (non-hydrogen) atoms. The summed E-state index contributed by atoms with van der Waals surface area (Å²) in [6.45, 7) is 10.7. The summed E-state index contributed by atoms with van der Waals surface area (Å²) >= 11 is 1.71. The van der Waals surface area contributed by atoms with E-state index in [0.29, 0.717) is 0 Å². The van der Waals surface area contributed by atoms with E-state index in [0.717, 1.165) is 17.1 Å². The van der Waals surface area contributed by atoms with E-state index in [-0.39, 0.29) is 0 Å². The highest BCUT2D eigenvalue weighted by Gasteiger charge is 2.18. The lowest BCUT2D eigenvalue weighted by molar-refractivity contribution is 0.559. The molecule has 0 saturated heterocycles. The lowest BCUT2D eigenvalue weighted by Gasteiger charge is -2.20. The van der Waals surface area contributed by atoms with Crippen LogP contribution in [0, 0.1) is 6.92 Å². The minimum Gasteiger partial charge on any atom is -0.543 e. The fraction of sp³-hybridized carbons (Fsp3) is 0.312. The molecule has 1 aromatic carbocycles. The summed E-state index contributed by atoms with van der Waals surface area (Å²) in [5, 5.41) is 2.07. The average Bonchev–Trinajstić information content (AvgIpc) is 2.85. The zero-order valence-electron chi connectivity index (χ0n) is 12.7. The molecule has 0 N–H and O–H groups in total. The molecular weight excluding hydrogens is 282 g/mol. The molecule has 0 radical (unpaired) electrons. The second kappa shape index (κ2) is 5.93. The van der Waals surface area contributed by atoms with Crippen LogP contribution in [0.3, 0.4) is 0 Å². The Morgan fingerprint density at radius 3 is 2.55 bits per heavy atom. The highest BCUT2D eigenvalue weighted by atomic mass is 32.1. The molecule has 0 aliphatic rings. The van der Waals surface area contributed by atoms with Crippen molar-refractivity contribution in [3.63, 3.8) is 0 Å².